The first kappa shape index (κ1) is 19.5. The highest BCUT2D eigenvalue weighted by Gasteiger charge is 2.36. The summed E-state index contributed by atoms with van der Waals surface area (Å²) >= 11 is 0. The lowest BCUT2D eigenvalue weighted by molar-refractivity contribution is -0.144. The summed E-state index contributed by atoms with van der Waals surface area (Å²) < 4.78 is 5.57. The van der Waals surface area contributed by atoms with E-state index in [0.29, 0.717) is 0 Å². The number of alkyl carbamates (subject to hydrolysis) is 1. The molecule has 138 valence electrons. The number of hydrogen-bond donors (Lipinski definition) is 2. The van der Waals surface area contributed by atoms with Crippen LogP contribution in [0.2, 0.25) is 0 Å². The molecule has 0 aliphatic carbocycles. The molecule has 0 saturated carbocycles. The van der Waals surface area contributed by atoms with E-state index in [2.05, 4.69) is 5.32 Å². The zero-order valence-electron chi connectivity index (χ0n) is 15.3. The fourth-order valence-corrected chi connectivity index (χ4v) is 2.78. The van der Waals surface area contributed by atoms with Gasteiger partial charge in [-0.2, -0.15) is 0 Å². The summed E-state index contributed by atoms with van der Waals surface area (Å²) in [4.78, 5) is 24.2. The number of hydrogen-bond acceptors (Lipinski definition) is 3. The minimum Gasteiger partial charge on any atom is -0.480 e. The molecule has 2 aromatic carbocycles. The van der Waals surface area contributed by atoms with Gasteiger partial charge in [-0.3, -0.25) is 0 Å². The molecule has 0 bridgehead atoms. The quantitative estimate of drug-likeness (QED) is 0.781. The molecule has 2 aromatic rings. The Hall–Kier alpha value is -2.82. The maximum absolute atomic E-state index is 12.4. The fraction of sp³-hybridized carbons (Fsp3) is 0.333. The van der Waals surface area contributed by atoms with Crippen molar-refractivity contribution in [3.8, 4) is 0 Å². The van der Waals surface area contributed by atoms with Gasteiger partial charge in [0.1, 0.15) is 11.6 Å². The van der Waals surface area contributed by atoms with E-state index in [-0.39, 0.29) is 12.3 Å². The lowest BCUT2D eigenvalue weighted by atomic mass is 9.93. The van der Waals surface area contributed by atoms with Gasteiger partial charge in [0.15, 0.2) is 0 Å². The minimum atomic E-state index is -1.46. The lowest BCUT2D eigenvalue weighted by Crippen LogP contribution is -2.54. The van der Waals surface area contributed by atoms with Crippen LogP contribution in [0.1, 0.15) is 38.0 Å². The van der Waals surface area contributed by atoms with E-state index in [4.69, 9.17) is 4.74 Å². The van der Waals surface area contributed by atoms with Crippen LogP contribution >= 0.6 is 0 Å². The molecule has 0 spiro atoms. The molecular formula is C21H25NO4. The molecule has 0 radical (unpaired) electrons. The Labute approximate surface area is 154 Å². The highest BCUT2D eigenvalue weighted by Crippen LogP contribution is 2.26. The van der Waals surface area contributed by atoms with Crippen LogP contribution in [-0.2, 0) is 16.0 Å². The Morgan fingerprint density at radius 3 is 2.08 bits per heavy atom. The predicted molar refractivity (Wildman–Crippen MR) is 99.8 cm³/mol. The first-order valence-electron chi connectivity index (χ1n) is 8.63. The van der Waals surface area contributed by atoms with Crippen molar-refractivity contribution in [3.05, 3.63) is 71.8 Å². The maximum Gasteiger partial charge on any atom is 0.408 e. The number of rotatable bonds is 7. The van der Waals surface area contributed by atoms with Crippen molar-refractivity contribution in [1.82, 2.24) is 5.32 Å². The number of carbonyl (C=O) groups excluding carboxylic acids is 1. The zero-order valence-corrected chi connectivity index (χ0v) is 15.3. The molecule has 2 atom stereocenters. The highest BCUT2D eigenvalue weighted by atomic mass is 16.6. The van der Waals surface area contributed by atoms with E-state index in [9.17, 15) is 14.7 Å². The molecule has 1 amide bonds. The minimum absolute atomic E-state index is 0.0494. The summed E-state index contributed by atoms with van der Waals surface area (Å²) in [6.07, 6.45) is -1.03. The number of ether oxygens (including phenoxy) is 1. The summed E-state index contributed by atoms with van der Waals surface area (Å²) in [6, 6.07) is 18.6. The van der Waals surface area contributed by atoms with Crippen molar-refractivity contribution >= 4 is 12.1 Å². The third-order valence-corrected chi connectivity index (χ3v) is 4.22. The van der Waals surface area contributed by atoms with Crippen molar-refractivity contribution in [2.24, 2.45) is 5.92 Å². The molecule has 2 rings (SSSR count). The van der Waals surface area contributed by atoms with Crippen molar-refractivity contribution in [2.75, 3.05) is 0 Å². The molecule has 26 heavy (non-hydrogen) atoms. The maximum atomic E-state index is 12.4. The van der Waals surface area contributed by atoms with Gasteiger partial charge in [-0.1, -0.05) is 74.5 Å². The Morgan fingerprint density at radius 2 is 1.58 bits per heavy atom. The van der Waals surface area contributed by atoms with Crippen LogP contribution < -0.4 is 5.32 Å². The molecule has 0 unspecified atom stereocenters. The normalized spacial score (nSPS) is 14.3. The van der Waals surface area contributed by atoms with Crippen molar-refractivity contribution in [3.63, 3.8) is 0 Å². The van der Waals surface area contributed by atoms with Crippen molar-refractivity contribution in [1.29, 1.82) is 0 Å². The third kappa shape index (κ3) is 5.09. The number of amides is 1. The van der Waals surface area contributed by atoms with Crippen LogP contribution in [0.3, 0.4) is 0 Å². The van der Waals surface area contributed by atoms with E-state index >= 15 is 0 Å². The SMILES string of the molecule is CC(C)[C@H](OC(=O)N[C@](C)(Cc1ccccc1)C(=O)O)c1ccccc1. The monoisotopic (exact) mass is 355 g/mol. The van der Waals surface area contributed by atoms with Gasteiger partial charge >= 0.3 is 12.1 Å². The number of nitrogens with one attached hydrogen (secondary N) is 1. The van der Waals surface area contributed by atoms with Crippen molar-refractivity contribution in [2.45, 2.75) is 38.8 Å². The van der Waals surface area contributed by atoms with Gasteiger partial charge in [0.25, 0.3) is 0 Å². The van der Waals surface area contributed by atoms with Crippen LogP contribution in [0.15, 0.2) is 60.7 Å². The second-order valence-corrected chi connectivity index (χ2v) is 6.91. The fourth-order valence-electron chi connectivity index (χ4n) is 2.78. The molecule has 0 aliphatic heterocycles. The van der Waals surface area contributed by atoms with Crippen molar-refractivity contribution < 1.29 is 19.4 Å². The number of benzene rings is 2. The average Bonchev–Trinajstić information content (AvgIpc) is 2.60. The standard InChI is InChI=1S/C21H25NO4/c1-15(2)18(17-12-8-5-9-13-17)26-20(25)22-21(3,19(23)24)14-16-10-6-4-7-11-16/h4-13,15,18H,14H2,1-3H3,(H,22,25)(H,23,24)/t18-,21+/m0/s1. The predicted octanol–water partition coefficient (Wildman–Crippen LogP) is 4.20. The lowest BCUT2D eigenvalue weighted by Gasteiger charge is -2.28. The summed E-state index contributed by atoms with van der Waals surface area (Å²) in [5, 5.41) is 12.2. The van der Waals surface area contributed by atoms with Gasteiger partial charge in [-0.15, -0.1) is 0 Å². The number of carboxylic acid groups (broad SMARTS) is 1. The molecule has 0 heterocycles. The van der Waals surface area contributed by atoms with E-state index in [1.54, 1.807) is 0 Å². The first-order valence-corrected chi connectivity index (χ1v) is 8.63. The number of carboxylic acids is 1. The van der Waals surface area contributed by atoms with Crippen LogP contribution in [-0.4, -0.2) is 22.7 Å². The van der Waals surface area contributed by atoms with Gasteiger partial charge in [0.2, 0.25) is 0 Å². The van der Waals surface area contributed by atoms with Crippen LogP contribution in [0.4, 0.5) is 4.79 Å². The van der Waals surface area contributed by atoms with E-state index in [0.717, 1.165) is 11.1 Å². The van der Waals surface area contributed by atoms with Gasteiger partial charge in [0.05, 0.1) is 0 Å². The third-order valence-electron chi connectivity index (χ3n) is 4.22. The van der Waals surface area contributed by atoms with E-state index in [1.165, 1.54) is 6.92 Å². The Balaban J connectivity index is 2.12. The molecule has 0 aromatic heterocycles. The number of carbonyl (C=O) groups is 2. The molecule has 5 nitrogen and oxygen atoms in total. The second kappa shape index (κ2) is 8.52. The molecule has 0 aliphatic rings. The Morgan fingerprint density at radius 1 is 1.04 bits per heavy atom. The molecule has 5 heteroatoms. The Kier molecular flexibility index (Phi) is 6.39. The summed E-state index contributed by atoms with van der Waals surface area (Å²) in [6.45, 7) is 5.38. The largest absolute Gasteiger partial charge is 0.480 e. The number of aliphatic carboxylic acids is 1. The first-order chi connectivity index (χ1) is 12.3. The molecule has 2 N–H and O–H groups in total. The summed E-state index contributed by atoms with van der Waals surface area (Å²) in [5.74, 6) is -1.06. The van der Waals surface area contributed by atoms with Gasteiger partial charge in [-0.05, 0) is 24.0 Å². The zero-order chi connectivity index (χ0) is 19.2. The van der Waals surface area contributed by atoms with Crippen LogP contribution in [0.5, 0.6) is 0 Å². The van der Waals surface area contributed by atoms with Crippen LogP contribution in [0.25, 0.3) is 0 Å². The van der Waals surface area contributed by atoms with Gasteiger partial charge < -0.3 is 15.2 Å². The second-order valence-electron chi connectivity index (χ2n) is 6.91. The topological polar surface area (TPSA) is 75.6 Å². The molecule has 0 saturated heterocycles. The molecular weight excluding hydrogens is 330 g/mol. The summed E-state index contributed by atoms with van der Waals surface area (Å²) in [5.41, 5.74) is 0.232. The smallest absolute Gasteiger partial charge is 0.408 e. The summed E-state index contributed by atoms with van der Waals surface area (Å²) in [7, 11) is 0. The van der Waals surface area contributed by atoms with E-state index < -0.39 is 23.7 Å². The molecule has 0 fully saturated rings. The van der Waals surface area contributed by atoms with Gasteiger partial charge in [0, 0.05) is 6.42 Å². The Bertz CT molecular complexity index is 730. The average molecular weight is 355 g/mol. The van der Waals surface area contributed by atoms with Gasteiger partial charge in [-0.25, -0.2) is 9.59 Å². The van der Waals surface area contributed by atoms with Crippen LogP contribution in [0, 0.1) is 5.92 Å². The highest BCUT2D eigenvalue weighted by molar-refractivity contribution is 5.84. The van der Waals surface area contributed by atoms with E-state index in [1.807, 2.05) is 74.5 Å².